The van der Waals surface area contributed by atoms with Gasteiger partial charge in [0.2, 0.25) is 11.8 Å². The number of aliphatic hydroxyl groups is 2. The highest BCUT2D eigenvalue weighted by Crippen LogP contribution is 2.32. The molecular weight excluding hydrogens is 704 g/mol. The number of hydroxylamine groups is 2. The Kier molecular flexibility index (Phi) is 12.4. The van der Waals surface area contributed by atoms with Gasteiger partial charge < -0.3 is 25.7 Å². The van der Waals surface area contributed by atoms with E-state index in [4.69, 9.17) is 4.84 Å². The number of benzene rings is 2. The molecular formula is C41H50N6O8. The molecule has 2 aromatic carbocycles. The zero-order chi connectivity index (χ0) is 39.3. The van der Waals surface area contributed by atoms with E-state index in [9.17, 15) is 34.2 Å². The second kappa shape index (κ2) is 17.2. The number of carbonyl (C=O) groups is 5. The maximum atomic E-state index is 13.9. The average Bonchev–Trinajstić information content (AvgIpc) is 3.64. The normalized spacial score (nSPS) is 21.5. The lowest BCUT2D eigenvalue weighted by atomic mass is 9.91. The van der Waals surface area contributed by atoms with Gasteiger partial charge in [-0.25, -0.2) is 9.78 Å². The van der Waals surface area contributed by atoms with Gasteiger partial charge in [-0.2, -0.15) is 0 Å². The van der Waals surface area contributed by atoms with E-state index >= 15 is 0 Å². The van der Waals surface area contributed by atoms with Crippen LogP contribution in [0.5, 0.6) is 0 Å². The van der Waals surface area contributed by atoms with E-state index in [-0.39, 0.29) is 43.3 Å². The van der Waals surface area contributed by atoms with Crippen LogP contribution in [-0.2, 0) is 43.4 Å². The first kappa shape index (κ1) is 39.7. The summed E-state index contributed by atoms with van der Waals surface area (Å²) in [6.45, 7) is 7.71. The van der Waals surface area contributed by atoms with Gasteiger partial charge in [-0.1, -0.05) is 60.7 Å². The van der Waals surface area contributed by atoms with Crippen LogP contribution in [0.1, 0.15) is 78.8 Å². The molecule has 4 N–H and O–H groups in total. The molecule has 55 heavy (non-hydrogen) atoms. The van der Waals surface area contributed by atoms with Crippen LogP contribution in [0.25, 0.3) is 0 Å². The summed E-state index contributed by atoms with van der Waals surface area (Å²) in [7, 11) is 0. The quantitative estimate of drug-likeness (QED) is 0.188. The third kappa shape index (κ3) is 10.2. The first-order chi connectivity index (χ1) is 26.2. The molecule has 14 heteroatoms. The van der Waals surface area contributed by atoms with Crippen LogP contribution >= 0.6 is 0 Å². The fourth-order valence-electron chi connectivity index (χ4n) is 7.50. The molecule has 5 atom stereocenters. The van der Waals surface area contributed by atoms with Gasteiger partial charge in [0.1, 0.15) is 6.04 Å². The number of fused-ring (bicyclic) bond motifs is 1. The monoisotopic (exact) mass is 754 g/mol. The molecule has 3 heterocycles. The Labute approximate surface area is 320 Å². The van der Waals surface area contributed by atoms with Gasteiger partial charge in [-0.05, 0) is 61.9 Å². The van der Waals surface area contributed by atoms with E-state index in [1.807, 2.05) is 80.3 Å². The largest absolute Gasteiger partial charge is 0.392 e. The number of hydrogen-bond acceptors (Lipinski definition) is 11. The maximum absolute atomic E-state index is 13.9. The molecule has 4 amide bonds. The number of nitrogens with one attached hydrogen (secondary N) is 2. The highest BCUT2D eigenvalue weighted by molar-refractivity contribution is 6.02. The van der Waals surface area contributed by atoms with Crippen molar-refractivity contribution in [2.75, 3.05) is 26.2 Å². The smallest absolute Gasteiger partial charge is 0.382 e. The van der Waals surface area contributed by atoms with E-state index in [1.165, 1.54) is 12.3 Å². The molecule has 2 saturated heterocycles. The molecule has 1 aromatic heterocycles. The van der Waals surface area contributed by atoms with Gasteiger partial charge in [-0.15, -0.1) is 5.06 Å². The number of rotatable bonds is 13. The fourth-order valence-corrected chi connectivity index (χ4v) is 7.50. The number of imide groups is 1. The van der Waals surface area contributed by atoms with Gasteiger partial charge in [-0.3, -0.25) is 29.0 Å². The van der Waals surface area contributed by atoms with Crippen molar-refractivity contribution in [3.05, 3.63) is 101 Å². The number of pyridine rings is 1. The molecule has 0 bridgehead atoms. The standard InChI is InChI=1S/C41H50N6O8/c1-41(2,3)44-39(53)33-25-45(23-27-13-14-32(42-22-27)40(54)55-47-35(50)15-16-36(47)51)17-18-46(33)24-30(48)20-29(19-26-9-5-4-6-10-26)38(52)43-37-31-12-8-7-11-28(31)21-34(37)49/h4-14,22,29-30,33-34,37,48-49H,15-21,23-25H2,1-3H3,(H,43,52)(H,44,53)/t29-,30+,33+,34-,37+/m1/s1. The number of nitrogens with zero attached hydrogens (tertiary/aromatic N) is 4. The van der Waals surface area contributed by atoms with E-state index in [1.54, 1.807) is 6.07 Å². The molecule has 6 rings (SSSR count). The lowest BCUT2D eigenvalue weighted by Gasteiger charge is -2.42. The molecule has 292 valence electrons. The minimum absolute atomic E-state index is 0.00656. The summed E-state index contributed by atoms with van der Waals surface area (Å²) in [4.78, 5) is 77.1. The first-order valence-electron chi connectivity index (χ1n) is 18.8. The van der Waals surface area contributed by atoms with Crippen molar-refractivity contribution in [3.63, 3.8) is 0 Å². The Bertz CT molecular complexity index is 1850. The second-order valence-electron chi connectivity index (χ2n) is 15.7. The minimum Gasteiger partial charge on any atom is -0.392 e. The Morgan fingerprint density at radius 2 is 1.65 bits per heavy atom. The second-order valence-corrected chi connectivity index (χ2v) is 15.7. The summed E-state index contributed by atoms with van der Waals surface area (Å²) < 4.78 is 0. The third-order valence-electron chi connectivity index (χ3n) is 10.2. The number of β-amino-alcohol motifs (C(OH)–C–C–N with tert-alkyl or cyclic N) is 1. The lowest BCUT2D eigenvalue weighted by molar-refractivity contribution is -0.172. The van der Waals surface area contributed by atoms with Crippen molar-refractivity contribution in [3.8, 4) is 0 Å². The minimum atomic E-state index is -0.931. The van der Waals surface area contributed by atoms with Gasteiger partial charge in [0, 0.05) is 69.6 Å². The maximum Gasteiger partial charge on any atom is 0.382 e. The van der Waals surface area contributed by atoms with E-state index in [0.717, 1.165) is 22.3 Å². The SMILES string of the molecule is CC(C)(C)NC(=O)[C@@H]1CN(Cc2ccc(C(=O)ON3C(=O)CCC3=O)nc2)CCN1C[C@@H](O)C[C@@H](Cc1ccccc1)C(=O)N[C@H]1c2ccccc2C[C@H]1O. The molecule has 14 nitrogen and oxygen atoms in total. The Morgan fingerprint density at radius 3 is 2.35 bits per heavy atom. The van der Waals surface area contributed by atoms with Crippen molar-refractivity contribution >= 4 is 29.6 Å². The van der Waals surface area contributed by atoms with Crippen LogP contribution in [0.15, 0.2) is 72.9 Å². The Hall–Kier alpha value is -5.02. The zero-order valence-corrected chi connectivity index (χ0v) is 31.5. The van der Waals surface area contributed by atoms with Crippen molar-refractivity contribution in [1.29, 1.82) is 0 Å². The number of carbonyl (C=O) groups excluding carboxylic acids is 5. The zero-order valence-electron chi connectivity index (χ0n) is 31.5. The molecule has 3 aromatic rings. The van der Waals surface area contributed by atoms with Crippen LogP contribution < -0.4 is 10.6 Å². The van der Waals surface area contributed by atoms with Crippen LogP contribution in [0.2, 0.25) is 0 Å². The molecule has 3 aliphatic rings. The topological polar surface area (TPSA) is 182 Å². The lowest BCUT2D eigenvalue weighted by Crippen LogP contribution is -2.61. The van der Waals surface area contributed by atoms with Crippen molar-refractivity contribution in [1.82, 2.24) is 30.5 Å². The molecule has 0 spiro atoms. The fraction of sp³-hybridized carbons (Fsp3) is 0.463. The first-order valence-corrected chi connectivity index (χ1v) is 18.8. The van der Waals surface area contributed by atoms with Crippen molar-refractivity contribution in [2.24, 2.45) is 5.92 Å². The van der Waals surface area contributed by atoms with Gasteiger partial charge in [0.15, 0.2) is 5.69 Å². The van der Waals surface area contributed by atoms with Crippen molar-refractivity contribution in [2.45, 2.75) is 89.3 Å². The molecule has 0 saturated carbocycles. The van der Waals surface area contributed by atoms with Crippen LogP contribution in [-0.4, -0.2) is 110 Å². The van der Waals surface area contributed by atoms with E-state index in [0.29, 0.717) is 44.1 Å². The van der Waals surface area contributed by atoms with Gasteiger partial charge in [0.05, 0.1) is 18.2 Å². The van der Waals surface area contributed by atoms with Crippen LogP contribution in [0.4, 0.5) is 0 Å². The van der Waals surface area contributed by atoms with E-state index in [2.05, 4.69) is 20.5 Å². The van der Waals surface area contributed by atoms with E-state index < -0.39 is 53.5 Å². The average molecular weight is 755 g/mol. The number of piperazine rings is 1. The highest BCUT2D eigenvalue weighted by atomic mass is 16.7. The molecule has 0 radical (unpaired) electrons. The summed E-state index contributed by atoms with van der Waals surface area (Å²) in [5, 5.41) is 29.1. The summed E-state index contributed by atoms with van der Waals surface area (Å²) >= 11 is 0. The predicted octanol–water partition coefficient (Wildman–Crippen LogP) is 2.09. The molecule has 2 fully saturated rings. The van der Waals surface area contributed by atoms with Crippen LogP contribution in [0, 0.1) is 5.92 Å². The Balaban J connectivity index is 1.11. The highest BCUT2D eigenvalue weighted by Gasteiger charge is 2.38. The van der Waals surface area contributed by atoms with Crippen LogP contribution in [0.3, 0.4) is 0 Å². The number of hydrogen-bond donors (Lipinski definition) is 4. The number of amides is 4. The predicted molar refractivity (Wildman–Crippen MR) is 201 cm³/mol. The third-order valence-corrected chi connectivity index (χ3v) is 10.2. The molecule has 0 unspecified atom stereocenters. The summed E-state index contributed by atoms with van der Waals surface area (Å²) in [5.41, 5.74) is 3.08. The van der Waals surface area contributed by atoms with Gasteiger partial charge >= 0.3 is 5.97 Å². The molecule has 2 aliphatic heterocycles. The van der Waals surface area contributed by atoms with Gasteiger partial charge in [0.25, 0.3) is 11.8 Å². The molecule has 1 aliphatic carbocycles. The summed E-state index contributed by atoms with van der Waals surface area (Å²) in [6.07, 6.45) is 0.838. The summed E-state index contributed by atoms with van der Waals surface area (Å²) in [6, 6.07) is 19.4. The Morgan fingerprint density at radius 1 is 0.945 bits per heavy atom. The summed E-state index contributed by atoms with van der Waals surface area (Å²) in [5.74, 6) is -3.08. The van der Waals surface area contributed by atoms with Crippen molar-refractivity contribution < 1.29 is 39.0 Å². The number of aliphatic hydroxyl groups excluding tert-OH is 2. The number of aromatic nitrogens is 1.